The standard InChI is InChI=1S/C16H31N3O2/c1-12(2)17-16(4,15(20)21)10-13(3)19-9-8-18-7-5-6-14(18)11-19/h12-14,17H,5-11H2,1-4H3,(H,20,21). The van der Waals surface area contributed by atoms with Crippen molar-refractivity contribution in [3.05, 3.63) is 0 Å². The summed E-state index contributed by atoms with van der Waals surface area (Å²) in [6.45, 7) is 12.5. The summed E-state index contributed by atoms with van der Waals surface area (Å²) in [4.78, 5) is 16.7. The van der Waals surface area contributed by atoms with Gasteiger partial charge in [-0.05, 0) is 53.5 Å². The third-order valence-corrected chi connectivity index (χ3v) is 5.03. The minimum atomic E-state index is -0.847. The minimum Gasteiger partial charge on any atom is -0.480 e. The number of nitrogens with zero attached hydrogens (tertiary/aromatic N) is 2. The Morgan fingerprint density at radius 1 is 1.33 bits per heavy atom. The molecule has 3 atom stereocenters. The molecule has 2 saturated heterocycles. The van der Waals surface area contributed by atoms with E-state index in [9.17, 15) is 9.90 Å². The smallest absolute Gasteiger partial charge is 0.323 e. The van der Waals surface area contributed by atoms with Crippen molar-refractivity contribution in [1.29, 1.82) is 0 Å². The molecule has 2 aliphatic heterocycles. The van der Waals surface area contributed by atoms with Crippen LogP contribution in [0.25, 0.3) is 0 Å². The van der Waals surface area contributed by atoms with Crippen molar-refractivity contribution in [2.45, 2.75) is 70.6 Å². The van der Waals surface area contributed by atoms with Crippen LogP contribution < -0.4 is 5.32 Å². The van der Waals surface area contributed by atoms with Crippen LogP contribution in [0.3, 0.4) is 0 Å². The molecule has 122 valence electrons. The van der Waals surface area contributed by atoms with Gasteiger partial charge in [-0.2, -0.15) is 0 Å². The van der Waals surface area contributed by atoms with Crippen LogP contribution in [-0.4, -0.2) is 70.7 Å². The van der Waals surface area contributed by atoms with Gasteiger partial charge in [-0.15, -0.1) is 0 Å². The molecular weight excluding hydrogens is 266 g/mol. The molecule has 0 saturated carbocycles. The molecule has 2 N–H and O–H groups in total. The largest absolute Gasteiger partial charge is 0.480 e. The maximum atomic E-state index is 11.7. The van der Waals surface area contributed by atoms with Gasteiger partial charge in [0.05, 0.1) is 0 Å². The van der Waals surface area contributed by atoms with Gasteiger partial charge in [-0.1, -0.05) is 0 Å². The quantitative estimate of drug-likeness (QED) is 0.776. The number of nitrogens with one attached hydrogen (secondary N) is 1. The molecule has 0 amide bonds. The summed E-state index contributed by atoms with van der Waals surface area (Å²) in [5, 5.41) is 12.8. The summed E-state index contributed by atoms with van der Waals surface area (Å²) in [6.07, 6.45) is 3.26. The topological polar surface area (TPSA) is 55.8 Å². The average Bonchev–Trinajstić information content (AvgIpc) is 2.84. The Bertz CT molecular complexity index is 375. The van der Waals surface area contributed by atoms with Gasteiger partial charge in [-0.3, -0.25) is 19.9 Å². The van der Waals surface area contributed by atoms with Gasteiger partial charge in [-0.25, -0.2) is 0 Å². The fourth-order valence-corrected chi connectivity index (χ4v) is 3.98. The minimum absolute atomic E-state index is 0.171. The first kappa shape index (κ1) is 16.7. The van der Waals surface area contributed by atoms with Gasteiger partial charge in [0.1, 0.15) is 5.54 Å². The second-order valence-electron chi connectivity index (χ2n) is 7.32. The molecule has 21 heavy (non-hydrogen) atoms. The Morgan fingerprint density at radius 3 is 2.67 bits per heavy atom. The molecule has 2 fully saturated rings. The summed E-state index contributed by atoms with van der Waals surface area (Å²) >= 11 is 0. The zero-order valence-electron chi connectivity index (χ0n) is 13.9. The number of hydrogen-bond acceptors (Lipinski definition) is 4. The fourth-order valence-electron chi connectivity index (χ4n) is 3.98. The highest BCUT2D eigenvalue weighted by Crippen LogP contribution is 2.25. The SMILES string of the molecule is CC(C)NC(C)(CC(C)N1CCN2CCCC2C1)C(=O)O. The van der Waals surface area contributed by atoms with Crippen LogP contribution in [0.4, 0.5) is 0 Å². The zero-order chi connectivity index (χ0) is 15.6. The van der Waals surface area contributed by atoms with Crippen molar-refractivity contribution in [3.63, 3.8) is 0 Å². The van der Waals surface area contributed by atoms with Crippen LogP contribution in [0.1, 0.15) is 47.0 Å². The molecule has 3 unspecified atom stereocenters. The predicted octanol–water partition coefficient (Wildman–Crippen LogP) is 1.39. The number of piperazine rings is 1. The lowest BCUT2D eigenvalue weighted by molar-refractivity contribution is -0.145. The molecule has 0 aromatic heterocycles. The molecule has 2 aliphatic rings. The summed E-state index contributed by atoms with van der Waals surface area (Å²) in [6, 6.07) is 1.15. The Morgan fingerprint density at radius 2 is 2.05 bits per heavy atom. The van der Waals surface area contributed by atoms with Gasteiger partial charge >= 0.3 is 5.97 Å². The Kier molecular flexibility index (Phi) is 5.28. The molecule has 2 heterocycles. The molecular formula is C16H31N3O2. The second-order valence-corrected chi connectivity index (χ2v) is 7.32. The van der Waals surface area contributed by atoms with Crippen molar-refractivity contribution in [1.82, 2.24) is 15.1 Å². The Hall–Kier alpha value is -0.650. The van der Waals surface area contributed by atoms with Gasteiger partial charge in [0.15, 0.2) is 0 Å². The van der Waals surface area contributed by atoms with Gasteiger partial charge in [0, 0.05) is 37.8 Å². The second kappa shape index (κ2) is 6.63. The number of rotatable bonds is 6. The van der Waals surface area contributed by atoms with E-state index in [0.717, 1.165) is 19.6 Å². The molecule has 2 rings (SSSR count). The molecule has 0 radical (unpaired) electrons. The summed E-state index contributed by atoms with van der Waals surface area (Å²) in [5.41, 5.74) is -0.847. The van der Waals surface area contributed by atoms with E-state index in [1.165, 1.54) is 19.4 Å². The highest BCUT2D eigenvalue weighted by atomic mass is 16.4. The Labute approximate surface area is 128 Å². The lowest BCUT2D eigenvalue weighted by Crippen LogP contribution is -2.58. The van der Waals surface area contributed by atoms with E-state index in [0.29, 0.717) is 18.5 Å². The predicted molar refractivity (Wildman–Crippen MR) is 84.6 cm³/mol. The van der Waals surface area contributed by atoms with Crippen molar-refractivity contribution >= 4 is 5.97 Å². The third kappa shape index (κ3) is 3.96. The summed E-state index contributed by atoms with van der Waals surface area (Å²) < 4.78 is 0. The van der Waals surface area contributed by atoms with Crippen LogP contribution in [0.15, 0.2) is 0 Å². The number of hydrogen-bond donors (Lipinski definition) is 2. The van der Waals surface area contributed by atoms with Crippen LogP contribution in [0.2, 0.25) is 0 Å². The fraction of sp³-hybridized carbons (Fsp3) is 0.938. The number of fused-ring (bicyclic) bond motifs is 1. The summed E-state index contributed by atoms with van der Waals surface area (Å²) in [7, 11) is 0. The maximum Gasteiger partial charge on any atom is 0.323 e. The van der Waals surface area contributed by atoms with Crippen molar-refractivity contribution in [2.75, 3.05) is 26.2 Å². The van der Waals surface area contributed by atoms with Crippen LogP contribution >= 0.6 is 0 Å². The lowest BCUT2D eigenvalue weighted by atomic mass is 9.91. The van der Waals surface area contributed by atoms with E-state index in [-0.39, 0.29) is 6.04 Å². The van der Waals surface area contributed by atoms with E-state index in [1.54, 1.807) is 0 Å². The first-order chi connectivity index (χ1) is 9.82. The first-order valence-electron chi connectivity index (χ1n) is 8.31. The molecule has 0 aromatic carbocycles. The molecule has 0 aliphatic carbocycles. The molecule has 0 spiro atoms. The Balaban J connectivity index is 1.95. The molecule has 0 aromatic rings. The van der Waals surface area contributed by atoms with Crippen molar-refractivity contribution in [2.24, 2.45) is 0 Å². The van der Waals surface area contributed by atoms with Crippen LogP contribution in [0.5, 0.6) is 0 Å². The number of carboxylic acid groups (broad SMARTS) is 1. The van der Waals surface area contributed by atoms with E-state index in [4.69, 9.17) is 0 Å². The highest BCUT2D eigenvalue weighted by molar-refractivity contribution is 5.78. The van der Waals surface area contributed by atoms with E-state index < -0.39 is 11.5 Å². The molecule has 0 bridgehead atoms. The van der Waals surface area contributed by atoms with Gasteiger partial charge in [0.25, 0.3) is 0 Å². The molecule has 5 nitrogen and oxygen atoms in total. The number of carbonyl (C=O) groups is 1. The lowest BCUT2D eigenvalue weighted by Gasteiger charge is -2.42. The monoisotopic (exact) mass is 297 g/mol. The van der Waals surface area contributed by atoms with Crippen LogP contribution in [0, 0.1) is 0 Å². The first-order valence-corrected chi connectivity index (χ1v) is 8.31. The zero-order valence-corrected chi connectivity index (χ0v) is 13.9. The number of aliphatic carboxylic acids is 1. The maximum absolute atomic E-state index is 11.7. The normalized spacial score (nSPS) is 28.3. The van der Waals surface area contributed by atoms with Crippen molar-refractivity contribution in [3.8, 4) is 0 Å². The third-order valence-electron chi connectivity index (χ3n) is 5.03. The average molecular weight is 297 g/mol. The van der Waals surface area contributed by atoms with Gasteiger partial charge in [0.2, 0.25) is 0 Å². The number of carboxylic acids is 1. The van der Waals surface area contributed by atoms with Crippen molar-refractivity contribution < 1.29 is 9.90 Å². The molecule has 5 heteroatoms. The van der Waals surface area contributed by atoms with E-state index in [1.807, 2.05) is 20.8 Å². The van der Waals surface area contributed by atoms with Gasteiger partial charge < -0.3 is 5.11 Å². The van der Waals surface area contributed by atoms with Crippen LogP contribution in [-0.2, 0) is 4.79 Å². The highest BCUT2D eigenvalue weighted by Gasteiger charge is 2.38. The summed E-state index contributed by atoms with van der Waals surface area (Å²) in [5.74, 6) is -0.748. The van der Waals surface area contributed by atoms with E-state index in [2.05, 4.69) is 22.0 Å². The van der Waals surface area contributed by atoms with E-state index >= 15 is 0 Å².